The molecule has 0 aliphatic heterocycles. The van der Waals surface area contributed by atoms with Crippen LogP contribution in [0.1, 0.15) is 31.3 Å². The highest BCUT2D eigenvalue weighted by molar-refractivity contribution is 6.30. The molecule has 5 nitrogen and oxygen atoms in total. The Morgan fingerprint density at radius 3 is 2.96 bits per heavy atom. The van der Waals surface area contributed by atoms with Crippen LogP contribution in [0.5, 0.6) is 0 Å². The first-order chi connectivity index (χ1) is 11.2. The number of nitrogens with zero attached hydrogens (tertiary/aromatic N) is 5. The summed E-state index contributed by atoms with van der Waals surface area (Å²) in [6, 6.07) is 4.46. The zero-order chi connectivity index (χ0) is 16.2. The van der Waals surface area contributed by atoms with Crippen LogP contribution in [0.25, 0.3) is 5.69 Å². The molecule has 0 amide bonds. The molecule has 120 valence electrons. The minimum absolute atomic E-state index is 0.0658. The Morgan fingerprint density at radius 1 is 1.30 bits per heavy atom. The summed E-state index contributed by atoms with van der Waals surface area (Å²) in [5.74, 6) is 0.598. The van der Waals surface area contributed by atoms with Crippen molar-refractivity contribution in [2.75, 3.05) is 0 Å². The van der Waals surface area contributed by atoms with Crippen molar-refractivity contribution in [3.8, 4) is 5.69 Å². The van der Waals surface area contributed by atoms with Crippen LogP contribution in [0.3, 0.4) is 0 Å². The fourth-order valence-electron chi connectivity index (χ4n) is 2.35. The molecule has 3 rings (SSSR count). The second-order valence-electron chi connectivity index (χ2n) is 5.33. The molecule has 23 heavy (non-hydrogen) atoms. The topological polar surface area (TPSA) is 48.5 Å². The molecule has 0 bridgehead atoms. The summed E-state index contributed by atoms with van der Waals surface area (Å²) < 4.78 is 16.9. The number of benzene rings is 1. The zero-order valence-corrected chi connectivity index (χ0v) is 13.5. The van der Waals surface area contributed by atoms with E-state index in [1.54, 1.807) is 16.9 Å². The summed E-state index contributed by atoms with van der Waals surface area (Å²) in [6.07, 6.45) is 8.75. The van der Waals surface area contributed by atoms with Crippen molar-refractivity contribution in [2.45, 2.75) is 32.7 Å². The van der Waals surface area contributed by atoms with Gasteiger partial charge in [0.1, 0.15) is 17.3 Å². The minimum Gasteiger partial charge on any atom is -0.329 e. The highest BCUT2D eigenvalue weighted by Crippen LogP contribution is 2.18. The van der Waals surface area contributed by atoms with Gasteiger partial charge < -0.3 is 4.57 Å². The van der Waals surface area contributed by atoms with Gasteiger partial charge in [0.25, 0.3) is 0 Å². The predicted molar refractivity (Wildman–Crippen MR) is 86.3 cm³/mol. The van der Waals surface area contributed by atoms with Gasteiger partial charge in [-0.25, -0.2) is 14.1 Å². The Bertz CT molecular complexity index is 795. The Labute approximate surface area is 138 Å². The number of aromatic nitrogens is 5. The number of halogens is 2. The van der Waals surface area contributed by atoms with E-state index in [0.717, 1.165) is 30.8 Å². The van der Waals surface area contributed by atoms with Crippen LogP contribution in [0.4, 0.5) is 4.39 Å². The SMILES string of the molecule is CCCCc1nccn1Cc1cn(-c2ccc(F)c(Cl)c2)nn1. The van der Waals surface area contributed by atoms with Gasteiger partial charge in [-0.2, -0.15) is 0 Å². The summed E-state index contributed by atoms with van der Waals surface area (Å²) >= 11 is 5.81. The van der Waals surface area contributed by atoms with Crippen LogP contribution >= 0.6 is 11.6 Å². The van der Waals surface area contributed by atoms with Crippen molar-refractivity contribution >= 4 is 11.6 Å². The van der Waals surface area contributed by atoms with Gasteiger partial charge in [-0.3, -0.25) is 0 Å². The summed E-state index contributed by atoms with van der Waals surface area (Å²) in [4.78, 5) is 4.38. The van der Waals surface area contributed by atoms with Crippen LogP contribution in [-0.2, 0) is 13.0 Å². The van der Waals surface area contributed by atoms with E-state index >= 15 is 0 Å². The van der Waals surface area contributed by atoms with E-state index in [1.165, 1.54) is 12.1 Å². The summed E-state index contributed by atoms with van der Waals surface area (Å²) in [5, 5.41) is 8.32. The molecule has 0 spiro atoms. The molecule has 3 aromatic rings. The summed E-state index contributed by atoms with van der Waals surface area (Å²) in [6.45, 7) is 2.76. The van der Waals surface area contributed by atoms with E-state index in [0.29, 0.717) is 12.2 Å². The Kier molecular flexibility index (Phi) is 4.71. The maximum atomic E-state index is 13.2. The fraction of sp³-hybridized carbons (Fsp3) is 0.312. The fourth-order valence-corrected chi connectivity index (χ4v) is 2.52. The lowest BCUT2D eigenvalue weighted by Crippen LogP contribution is -2.04. The standard InChI is InChI=1S/C16H17ClFN5/c1-2-3-4-16-19-7-8-22(16)10-12-11-23(21-20-12)13-5-6-15(18)14(17)9-13/h5-9,11H,2-4,10H2,1H3. The first-order valence-electron chi connectivity index (χ1n) is 7.54. The smallest absolute Gasteiger partial charge is 0.141 e. The van der Waals surface area contributed by atoms with Gasteiger partial charge in [-0.05, 0) is 24.6 Å². The van der Waals surface area contributed by atoms with Gasteiger partial charge in [0, 0.05) is 18.8 Å². The third-order valence-corrected chi connectivity index (χ3v) is 3.89. The molecule has 1 aromatic carbocycles. The zero-order valence-electron chi connectivity index (χ0n) is 12.8. The van der Waals surface area contributed by atoms with E-state index in [4.69, 9.17) is 11.6 Å². The van der Waals surface area contributed by atoms with Crippen LogP contribution in [0.2, 0.25) is 5.02 Å². The average Bonchev–Trinajstić information content (AvgIpc) is 3.18. The van der Waals surface area contributed by atoms with Crippen molar-refractivity contribution in [2.24, 2.45) is 0 Å². The van der Waals surface area contributed by atoms with Gasteiger partial charge >= 0.3 is 0 Å². The Hall–Kier alpha value is -2.21. The van der Waals surface area contributed by atoms with Gasteiger partial charge in [0.15, 0.2) is 0 Å². The average molecular weight is 334 g/mol. The third-order valence-electron chi connectivity index (χ3n) is 3.60. The predicted octanol–water partition coefficient (Wildman–Crippen LogP) is 3.65. The number of unbranched alkanes of at least 4 members (excludes halogenated alkanes) is 1. The van der Waals surface area contributed by atoms with E-state index in [2.05, 4.69) is 26.8 Å². The first kappa shape index (κ1) is 15.7. The number of rotatable bonds is 6. The van der Waals surface area contributed by atoms with E-state index in [-0.39, 0.29) is 5.02 Å². The molecular formula is C16H17ClFN5. The van der Waals surface area contributed by atoms with Crippen molar-refractivity contribution in [3.05, 3.63) is 59.1 Å². The number of hydrogen-bond acceptors (Lipinski definition) is 3. The third kappa shape index (κ3) is 3.59. The Morgan fingerprint density at radius 2 is 2.17 bits per heavy atom. The van der Waals surface area contributed by atoms with Crippen molar-refractivity contribution < 1.29 is 4.39 Å². The molecule has 0 N–H and O–H groups in total. The molecule has 0 saturated carbocycles. The van der Waals surface area contributed by atoms with Crippen molar-refractivity contribution in [1.82, 2.24) is 24.5 Å². The van der Waals surface area contributed by atoms with Crippen molar-refractivity contribution in [1.29, 1.82) is 0 Å². The lowest BCUT2D eigenvalue weighted by atomic mass is 10.2. The Balaban J connectivity index is 1.77. The second kappa shape index (κ2) is 6.91. The van der Waals surface area contributed by atoms with Crippen molar-refractivity contribution in [3.63, 3.8) is 0 Å². The molecule has 2 heterocycles. The van der Waals surface area contributed by atoms with Gasteiger partial charge in [0.05, 0.1) is 23.5 Å². The lowest BCUT2D eigenvalue weighted by Gasteiger charge is -2.05. The quantitative estimate of drug-likeness (QED) is 0.692. The molecular weight excluding hydrogens is 317 g/mol. The normalized spacial score (nSPS) is 11.1. The molecule has 0 aliphatic rings. The maximum absolute atomic E-state index is 13.2. The highest BCUT2D eigenvalue weighted by atomic mass is 35.5. The van der Waals surface area contributed by atoms with Gasteiger partial charge in [0.2, 0.25) is 0 Å². The summed E-state index contributed by atoms with van der Waals surface area (Å²) in [5.41, 5.74) is 1.48. The summed E-state index contributed by atoms with van der Waals surface area (Å²) in [7, 11) is 0. The van der Waals surface area contributed by atoms with Crippen LogP contribution < -0.4 is 0 Å². The van der Waals surface area contributed by atoms with E-state index < -0.39 is 5.82 Å². The lowest BCUT2D eigenvalue weighted by molar-refractivity contribution is 0.627. The van der Waals surface area contributed by atoms with Crippen LogP contribution in [-0.4, -0.2) is 24.5 Å². The molecule has 7 heteroatoms. The molecule has 0 atom stereocenters. The first-order valence-corrected chi connectivity index (χ1v) is 7.92. The minimum atomic E-state index is -0.449. The van der Waals surface area contributed by atoms with Gasteiger partial charge in [-0.15, -0.1) is 5.10 Å². The van der Waals surface area contributed by atoms with Crippen LogP contribution in [0.15, 0.2) is 36.8 Å². The monoisotopic (exact) mass is 333 g/mol. The van der Waals surface area contributed by atoms with E-state index in [1.807, 2.05) is 12.4 Å². The molecule has 0 saturated heterocycles. The van der Waals surface area contributed by atoms with Crippen LogP contribution in [0, 0.1) is 5.82 Å². The highest BCUT2D eigenvalue weighted by Gasteiger charge is 2.08. The molecule has 0 aliphatic carbocycles. The largest absolute Gasteiger partial charge is 0.329 e. The number of imidazole rings is 1. The van der Waals surface area contributed by atoms with Gasteiger partial charge in [-0.1, -0.05) is 30.2 Å². The molecule has 0 fully saturated rings. The number of aryl methyl sites for hydroxylation is 1. The van der Waals surface area contributed by atoms with E-state index in [9.17, 15) is 4.39 Å². The molecule has 2 aromatic heterocycles. The second-order valence-corrected chi connectivity index (χ2v) is 5.73. The molecule has 0 unspecified atom stereocenters. The number of hydrogen-bond donors (Lipinski definition) is 0. The molecule has 0 radical (unpaired) electrons. The maximum Gasteiger partial charge on any atom is 0.141 e.